The number of hydrogen-bond donors (Lipinski definition) is 0. The van der Waals surface area contributed by atoms with E-state index >= 15 is 0 Å². The first-order chi connectivity index (χ1) is 20.9. The average molecular weight is 869 g/mol. The van der Waals surface area contributed by atoms with Gasteiger partial charge in [-0.1, -0.05) is 53.3 Å². The fourth-order valence-electron chi connectivity index (χ4n) is 4.55. The summed E-state index contributed by atoms with van der Waals surface area (Å²) in [7, 11) is 0. The summed E-state index contributed by atoms with van der Waals surface area (Å²) in [5.41, 5.74) is -1.95. The number of nitrogens with zero attached hydrogens (tertiary/aromatic N) is 2. The van der Waals surface area contributed by atoms with Gasteiger partial charge in [-0.3, -0.25) is 9.36 Å². The maximum Gasteiger partial charge on any atom is 0.434 e. The number of carbonyl (C=O) groups excluding carboxylic acids is 1. The fraction of sp³-hybridized carbons (Fsp3) is 0.167. The quantitative estimate of drug-likeness (QED) is 0.115. The van der Waals surface area contributed by atoms with Gasteiger partial charge < -0.3 is 9.47 Å². The Labute approximate surface area is 284 Å². The Kier molecular flexibility index (Phi) is 9.87. The Morgan fingerprint density at radius 1 is 1.14 bits per heavy atom. The molecular weight excluding hydrogens is 850 g/mol. The third-order valence-corrected chi connectivity index (χ3v) is 9.09. The summed E-state index contributed by atoms with van der Waals surface area (Å²) in [6.45, 7) is 1.18. The van der Waals surface area contributed by atoms with Gasteiger partial charge in [-0.25, -0.2) is 14.2 Å². The van der Waals surface area contributed by atoms with Crippen molar-refractivity contribution in [3.63, 3.8) is 0 Å². The van der Waals surface area contributed by atoms with Crippen molar-refractivity contribution in [1.82, 2.24) is 4.57 Å². The summed E-state index contributed by atoms with van der Waals surface area (Å²) in [5.74, 6) is -1.32. The minimum Gasteiger partial charge on any atom is -0.487 e. The molecule has 0 saturated heterocycles. The van der Waals surface area contributed by atoms with E-state index in [1.807, 2.05) is 6.07 Å². The molecule has 1 aliphatic rings. The van der Waals surface area contributed by atoms with E-state index in [9.17, 15) is 27.2 Å². The van der Waals surface area contributed by atoms with Crippen LogP contribution in [0.25, 0.3) is 6.08 Å². The molecule has 0 bridgehead atoms. The van der Waals surface area contributed by atoms with E-state index < -0.39 is 40.8 Å². The predicted molar refractivity (Wildman–Crippen MR) is 175 cm³/mol. The van der Waals surface area contributed by atoms with Gasteiger partial charge in [0.15, 0.2) is 10.5 Å². The summed E-state index contributed by atoms with van der Waals surface area (Å²) >= 11 is 10.9. The highest BCUT2D eigenvalue weighted by Gasteiger charge is 2.45. The Bertz CT molecular complexity index is 1970. The van der Waals surface area contributed by atoms with Crippen molar-refractivity contribution < 1.29 is 31.8 Å². The second kappa shape index (κ2) is 13.3. The van der Waals surface area contributed by atoms with Gasteiger partial charge in [0.2, 0.25) is 0 Å². The second-order valence-corrected chi connectivity index (χ2v) is 13.2. The van der Waals surface area contributed by atoms with Crippen LogP contribution >= 0.6 is 68.1 Å². The number of benzene rings is 3. The highest BCUT2D eigenvalue weighted by Crippen LogP contribution is 2.38. The zero-order chi connectivity index (χ0) is 31.8. The molecule has 0 aliphatic carbocycles. The second-order valence-electron chi connectivity index (χ2n) is 9.30. The minimum atomic E-state index is -5.03. The minimum absolute atomic E-state index is 0.0443. The summed E-state index contributed by atoms with van der Waals surface area (Å²) < 4.78 is 71.0. The monoisotopic (exact) mass is 868 g/mol. The SMILES string of the molecule is CCOC(=O)C1=C(C(F)(F)F)N=c2s/c(=C\c3cc(I)cc(I)c3OCc3ccccc3F)c(=O)n2[C@@H]1c1ccc(Cl)cc1. The van der Waals surface area contributed by atoms with Crippen LogP contribution in [0.1, 0.15) is 29.7 Å². The van der Waals surface area contributed by atoms with E-state index in [2.05, 4.69) is 50.2 Å². The van der Waals surface area contributed by atoms with Gasteiger partial charge in [-0.15, -0.1) is 0 Å². The van der Waals surface area contributed by atoms with Crippen LogP contribution in [-0.2, 0) is 16.1 Å². The Morgan fingerprint density at radius 3 is 2.50 bits per heavy atom. The van der Waals surface area contributed by atoms with Gasteiger partial charge in [0, 0.05) is 19.7 Å². The van der Waals surface area contributed by atoms with Crippen LogP contribution in [0.3, 0.4) is 0 Å². The molecule has 5 rings (SSSR count). The molecule has 228 valence electrons. The standard InChI is InChI=1S/C30H19ClF4I2N2O4S/c1-2-42-28(41)23-24(15-7-9-18(31)10-8-15)39-27(40)22(44-29(39)38-26(23)30(33,34)35)12-17-11-19(36)13-21(37)25(17)43-14-16-5-3-4-6-20(16)32/h3-13,24H,2,14H2,1H3/b22-12-/t24-/m1/s1. The van der Waals surface area contributed by atoms with Crippen molar-refractivity contribution >= 4 is 80.2 Å². The van der Waals surface area contributed by atoms with E-state index in [0.29, 0.717) is 25.5 Å². The Hall–Kier alpha value is -2.76. The van der Waals surface area contributed by atoms with Gasteiger partial charge in [0.1, 0.15) is 18.2 Å². The lowest BCUT2D eigenvalue weighted by atomic mass is 9.95. The number of esters is 1. The third kappa shape index (κ3) is 6.74. The van der Waals surface area contributed by atoms with Crippen molar-refractivity contribution in [1.29, 1.82) is 0 Å². The first-order valence-electron chi connectivity index (χ1n) is 12.8. The molecular formula is C30H19ClF4I2N2O4S. The number of ether oxygens (including phenoxy) is 2. The molecule has 4 aromatic rings. The topological polar surface area (TPSA) is 69.9 Å². The highest BCUT2D eigenvalue weighted by atomic mass is 127. The molecule has 0 amide bonds. The summed E-state index contributed by atoms with van der Waals surface area (Å²) in [6, 6.07) is 14.0. The smallest absolute Gasteiger partial charge is 0.434 e. The van der Waals surface area contributed by atoms with Crippen molar-refractivity contribution in [2.24, 2.45) is 4.99 Å². The zero-order valence-corrected chi connectivity index (χ0v) is 28.3. The lowest BCUT2D eigenvalue weighted by molar-refractivity contribution is -0.140. The summed E-state index contributed by atoms with van der Waals surface area (Å²) in [6.07, 6.45) is -3.54. The van der Waals surface area contributed by atoms with E-state index in [1.165, 1.54) is 43.3 Å². The summed E-state index contributed by atoms with van der Waals surface area (Å²) in [4.78, 5) is 30.5. The number of thiazole rings is 1. The Morgan fingerprint density at radius 2 is 1.84 bits per heavy atom. The van der Waals surface area contributed by atoms with Crippen LogP contribution in [-0.4, -0.2) is 23.3 Å². The number of fused-ring (bicyclic) bond motifs is 1. The van der Waals surface area contributed by atoms with Crippen molar-refractivity contribution in [2.45, 2.75) is 25.7 Å². The van der Waals surface area contributed by atoms with Gasteiger partial charge in [0.25, 0.3) is 5.56 Å². The van der Waals surface area contributed by atoms with Crippen LogP contribution in [0.15, 0.2) is 81.7 Å². The zero-order valence-electron chi connectivity index (χ0n) is 22.4. The molecule has 0 fully saturated rings. The molecule has 6 nitrogen and oxygen atoms in total. The molecule has 0 radical (unpaired) electrons. The number of halogens is 7. The van der Waals surface area contributed by atoms with Gasteiger partial charge in [-0.2, -0.15) is 13.2 Å². The van der Waals surface area contributed by atoms with Gasteiger partial charge in [-0.05, 0) is 94.1 Å². The van der Waals surface area contributed by atoms with Gasteiger partial charge in [0.05, 0.1) is 26.3 Å². The lowest BCUT2D eigenvalue weighted by Crippen LogP contribution is -2.41. The van der Waals surface area contributed by atoms with Crippen molar-refractivity contribution in [3.05, 3.63) is 126 Å². The largest absolute Gasteiger partial charge is 0.487 e. The highest BCUT2D eigenvalue weighted by molar-refractivity contribution is 14.1. The molecule has 1 atom stereocenters. The maximum atomic E-state index is 14.4. The molecule has 2 heterocycles. The van der Waals surface area contributed by atoms with E-state index in [1.54, 1.807) is 24.3 Å². The number of alkyl halides is 3. The third-order valence-electron chi connectivity index (χ3n) is 6.43. The molecule has 3 aromatic carbocycles. The number of hydrogen-bond acceptors (Lipinski definition) is 6. The number of allylic oxidation sites excluding steroid dienone is 1. The van der Waals surface area contributed by atoms with E-state index in [-0.39, 0.29) is 28.1 Å². The van der Waals surface area contributed by atoms with Crippen LogP contribution in [0.4, 0.5) is 17.6 Å². The van der Waals surface area contributed by atoms with Crippen molar-refractivity contribution in [3.8, 4) is 5.75 Å². The lowest BCUT2D eigenvalue weighted by Gasteiger charge is -2.26. The van der Waals surface area contributed by atoms with Crippen LogP contribution in [0.2, 0.25) is 5.02 Å². The molecule has 0 saturated carbocycles. The maximum absolute atomic E-state index is 14.4. The first-order valence-corrected chi connectivity index (χ1v) is 16.1. The molecule has 0 spiro atoms. The van der Waals surface area contributed by atoms with E-state index in [0.717, 1.165) is 19.5 Å². The van der Waals surface area contributed by atoms with Gasteiger partial charge >= 0.3 is 12.1 Å². The van der Waals surface area contributed by atoms with Crippen molar-refractivity contribution in [2.75, 3.05) is 6.61 Å². The predicted octanol–water partition coefficient (Wildman–Crippen LogP) is 6.92. The molecule has 0 N–H and O–H groups in total. The molecule has 44 heavy (non-hydrogen) atoms. The first kappa shape index (κ1) is 32.6. The Balaban J connectivity index is 1.72. The molecule has 1 aliphatic heterocycles. The summed E-state index contributed by atoms with van der Waals surface area (Å²) in [5, 5.41) is 0.315. The van der Waals surface area contributed by atoms with Crippen LogP contribution < -0.4 is 19.6 Å². The fourth-order valence-corrected chi connectivity index (χ4v) is 7.71. The van der Waals surface area contributed by atoms with Crippen LogP contribution in [0, 0.1) is 13.0 Å². The molecule has 14 heteroatoms. The normalized spacial score (nSPS) is 15.2. The van der Waals surface area contributed by atoms with Crippen LogP contribution in [0.5, 0.6) is 5.75 Å². The molecule has 0 unspecified atom stereocenters. The average Bonchev–Trinajstić information content (AvgIpc) is 3.27. The molecule has 1 aromatic heterocycles. The number of aromatic nitrogens is 1. The number of rotatable bonds is 7. The number of carbonyl (C=O) groups is 1. The van der Waals surface area contributed by atoms with E-state index in [4.69, 9.17) is 21.1 Å².